The summed E-state index contributed by atoms with van der Waals surface area (Å²) in [7, 11) is 3.54. The molecule has 27 heavy (non-hydrogen) atoms. The number of amides is 1. The molecule has 152 valence electrons. The van der Waals surface area contributed by atoms with Crippen LogP contribution in [-0.2, 0) is 11.2 Å². The molecule has 6 heteroatoms. The van der Waals surface area contributed by atoms with Gasteiger partial charge in [-0.3, -0.25) is 9.79 Å². The topological polar surface area (TPSA) is 66.0 Å². The zero-order valence-electron chi connectivity index (χ0n) is 17.4. The maximum absolute atomic E-state index is 12.1. The van der Waals surface area contributed by atoms with Gasteiger partial charge in [-0.2, -0.15) is 0 Å². The fourth-order valence-corrected chi connectivity index (χ4v) is 2.49. The van der Waals surface area contributed by atoms with Crippen molar-refractivity contribution in [1.82, 2.24) is 15.5 Å². The SMILES string of the molecule is CCCCOCCCN=C(NCC)NCCc1cccc(C(=O)N(C)C)c1. The van der Waals surface area contributed by atoms with Gasteiger partial charge >= 0.3 is 0 Å². The number of hydrogen-bond donors (Lipinski definition) is 2. The molecule has 0 aliphatic rings. The highest BCUT2D eigenvalue weighted by atomic mass is 16.5. The van der Waals surface area contributed by atoms with E-state index in [0.29, 0.717) is 0 Å². The Morgan fingerprint density at radius 1 is 1.15 bits per heavy atom. The standard InChI is InChI=1S/C21H36N4O2/c1-5-7-15-27-16-9-13-23-21(22-6-2)24-14-12-18-10-8-11-19(17-18)20(26)25(3)4/h8,10-11,17H,5-7,9,12-16H2,1-4H3,(H2,22,23,24). The van der Waals surface area contributed by atoms with Crippen LogP contribution in [0.3, 0.4) is 0 Å². The Labute approximate surface area is 164 Å². The van der Waals surface area contributed by atoms with Crippen molar-refractivity contribution >= 4 is 11.9 Å². The summed E-state index contributed by atoms with van der Waals surface area (Å²) in [6.45, 7) is 8.15. The van der Waals surface area contributed by atoms with Gasteiger partial charge in [0.1, 0.15) is 0 Å². The minimum absolute atomic E-state index is 0.0286. The van der Waals surface area contributed by atoms with Crippen LogP contribution in [0.4, 0.5) is 0 Å². The number of rotatable bonds is 12. The molecular formula is C21H36N4O2. The number of benzene rings is 1. The van der Waals surface area contributed by atoms with Gasteiger partial charge < -0.3 is 20.3 Å². The van der Waals surface area contributed by atoms with Crippen LogP contribution in [0.5, 0.6) is 0 Å². The minimum Gasteiger partial charge on any atom is -0.381 e. The van der Waals surface area contributed by atoms with E-state index in [1.54, 1.807) is 19.0 Å². The number of ether oxygens (including phenoxy) is 1. The second-order valence-corrected chi connectivity index (χ2v) is 6.66. The summed E-state index contributed by atoms with van der Waals surface area (Å²) < 4.78 is 5.56. The van der Waals surface area contributed by atoms with E-state index in [0.717, 1.165) is 69.2 Å². The van der Waals surface area contributed by atoms with E-state index in [9.17, 15) is 4.79 Å². The zero-order valence-corrected chi connectivity index (χ0v) is 17.4. The molecule has 0 unspecified atom stereocenters. The number of aliphatic imine (C=N–C) groups is 1. The number of nitrogens with one attached hydrogen (secondary N) is 2. The first-order chi connectivity index (χ1) is 13.1. The lowest BCUT2D eigenvalue weighted by Crippen LogP contribution is -2.38. The highest BCUT2D eigenvalue weighted by molar-refractivity contribution is 5.94. The summed E-state index contributed by atoms with van der Waals surface area (Å²) in [6, 6.07) is 7.80. The third-order valence-corrected chi connectivity index (χ3v) is 3.99. The second-order valence-electron chi connectivity index (χ2n) is 6.66. The Hall–Kier alpha value is -2.08. The van der Waals surface area contributed by atoms with Crippen LogP contribution in [0, 0.1) is 0 Å². The first-order valence-electron chi connectivity index (χ1n) is 9.99. The van der Waals surface area contributed by atoms with E-state index in [1.807, 2.05) is 24.3 Å². The van der Waals surface area contributed by atoms with E-state index in [1.165, 1.54) is 6.42 Å². The summed E-state index contributed by atoms with van der Waals surface area (Å²) in [5, 5.41) is 6.62. The van der Waals surface area contributed by atoms with Gasteiger partial charge in [0.2, 0.25) is 0 Å². The summed E-state index contributed by atoms with van der Waals surface area (Å²) in [5.74, 6) is 0.854. The predicted molar refractivity (Wildman–Crippen MR) is 112 cm³/mol. The first-order valence-corrected chi connectivity index (χ1v) is 9.99. The predicted octanol–water partition coefficient (Wildman–Crippen LogP) is 2.69. The van der Waals surface area contributed by atoms with Crippen molar-refractivity contribution in [3.05, 3.63) is 35.4 Å². The van der Waals surface area contributed by atoms with Gasteiger partial charge in [-0.1, -0.05) is 25.5 Å². The van der Waals surface area contributed by atoms with Crippen molar-refractivity contribution in [3.63, 3.8) is 0 Å². The quantitative estimate of drug-likeness (QED) is 0.334. The number of unbranched alkanes of at least 4 members (excludes halogenated alkanes) is 1. The molecule has 0 saturated carbocycles. The number of hydrogen-bond acceptors (Lipinski definition) is 3. The fraction of sp³-hybridized carbons (Fsp3) is 0.619. The van der Waals surface area contributed by atoms with Crippen molar-refractivity contribution in [2.24, 2.45) is 4.99 Å². The Kier molecular flexibility index (Phi) is 11.9. The van der Waals surface area contributed by atoms with Gasteiger partial charge in [0.15, 0.2) is 5.96 Å². The summed E-state index contributed by atoms with van der Waals surface area (Å²) in [4.78, 5) is 18.2. The average molecular weight is 377 g/mol. The monoisotopic (exact) mass is 376 g/mol. The molecule has 0 aliphatic heterocycles. The molecule has 0 saturated heterocycles. The highest BCUT2D eigenvalue weighted by Gasteiger charge is 2.08. The lowest BCUT2D eigenvalue weighted by Gasteiger charge is -2.13. The molecule has 1 rings (SSSR count). The molecule has 0 aromatic heterocycles. The van der Waals surface area contributed by atoms with Gasteiger partial charge in [-0.25, -0.2) is 0 Å². The lowest BCUT2D eigenvalue weighted by molar-refractivity contribution is 0.0827. The third-order valence-electron chi connectivity index (χ3n) is 3.99. The van der Waals surface area contributed by atoms with E-state index in [2.05, 4.69) is 29.5 Å². The van der Waals surface area contributed by atoms with Crippen molar-refractivity contribution in [1.29, 1.82) is 0 Å². The Morgan fingerprint density at radius 3 is 2.63 bits per heavy atom. The first kappa shape index (κ1) is 23.0. The molecule has 1 amide bonds. The highest BCUT2D eigenvalue weighted by Crippen LogP contribution is 2.07. The molecule has 1 aromatic rings. The number of nitrogens with zero attached hydrogens (tertiary/aromatic N) is 2. The van der Waals surface area contributed by atoms with Gasteiger partial charge in [0.25, 0.3) is 5.91 Å². The Morgan fingerprint density at radius 2 is 1.93 bits per heavy atom. The lowest BCUT2D eigenvalue weighted by atomic mass is 10.1. The number of carbonyl (C=O) groups excluding carboxylic acids is 1. The average Bonchev–Trinajstić information content (AvgIpc) is 2.66. The van der Waals surface area contributed by atoms with Crippen LogP contribution in [0.1, 0.15) is 49.0 Å². The van der Waals surface area contributed by atoms with Crippen LogP contribution < -0.4 is 10.6 Å². The van der Waals surface area contributed by atoms with Crippen LogP contribution in [0.25, 0.3) is 0 Å². The Bertz CT molecular complexity index is 573. The number of guanidine groups is 1. The smallest absolute Gasteiger partial charge is 0.253 e. The molecule has 6 nitrogen and oxygen atoms in total. The molecule has 2 N–H and O–H groups in total. The van der Waals surface area contributed by atoms with Crippen LogP contribution in [0.2, 0.25) is 0 Å². The fourth-order valence-electron chi connectivity index (χ4n) is 2.49. The number of carbonyl (C=O) groups is 1. The van der Waals surface area contributed by atoms with Gasteiger partial charge in [0, 0.05) is 52.5 Å². The van der Waals surface area contributed by atoms with Gasteiger partial charge in [-0.15, -0.1) is 0 Å². The molecule has 0 bridgehead atoms. The second kappa shape index (κ2) is 14.0. The van der Waals surface area contributed by atoms with Gasteiger partial charge in [0.05, 0.1) is 0 Å². The van der Waals surface area contributed by atoms with Crippen molar-refractivity contribution in [2.45, 2.75) is 39.5 Å². The molecule has 0 fully saturated rings. The third kappa shape index (κ3) is 9.99. The van der Waals surface area contributed by atoms with E-state index < -0.39 is 0 Å². The molecule has 0 radical (unpaired) electrons. The maximum Gasteiger partial charge on any atom is 0.253 e. The van der Waals surface area contributed by atoms with Gasteiger partial charge in [-0.05, 0) is 43.9 Å². The summed E-state index contributed by atoms with van der Waals surface area (Å²) in [6.07, 6.45) is 4.04. The molecule has 0 spiro atoms. The molecule has 0 aliphatic carbocycles. The van der Waals surface area contributed by atoms with Crippen molar-refractivity contribution in [3.8, 4) is 0 Å². The normalized spacial score (nSPS) is 11.3. The van der Waals surface area contributed by atoms with E-state index in [4.69, 9.17) is 4.74 Å². The molecular weight excluding hydrogens is 340 g/mol. The molecule has 0 atom stereocenters. The minimum atomic E-state index is 0.0286. The summed E-state index contributed by atoms with van der Waals surface area (Å²) >= 11 is 0. The van der Waals surface area contributed by atoms with Crippen molar-refractivity contribution < 1.29 is 9.53 Å². The van der Waals surface area contributed by atoms with Crippen LogP contribution >= 0.6 is 0 Å². The maximum atomic E-state index is 12.1. The molecule has 0 heterocycles. The van der Waals surface area contributed by atoms with E-state index >= 15 is 0 Å². The van der Waals surface area contributed by atoms with Crippen molar-refractivity contribution in [2.75, 3.05) is 46.9 Å². The van der Waals surface area contributed by atoms with Crippen LogP contribution in [0.15, 0.2) is 29.3 Å². The van der Waals surface area contributed by atoms with E-state index in [-0.39, 0.29) is 5.91 Å². The Balaban J connectivity index is 2.40. The zero-order chi connectivity index (χ0) is 19.9. The molecule has 1 aromatic carbocycles. The summed E-state index contributed by atoms with van der Waals surface area (Å²) in [5.41, 5.74) is 1.86. The largest absolute Gasteiger partial charge is 0.381 e. The van der Waals surface area contributed by atoms with Crippen LogP contribution in [-0.4, -0.2) is 63.7 Å².